The van der Waals surface area contributed by atoms with Crippen molar-refractivity contribution in [2.45, 2.75) is 12.8 Å². The van der Waals surface area contributed by atoms with Crippen LogP contribution in [0.25, 0.3) is 0 Å². The summed E-state index contributed by atoms with van der Waals surface area (Å²) in [5.74, 6) is 0.400. The van der Waals surface area contributed by atoms with E-state index in [-0.39, 0.29) is 12.3 Å². The maximum Gasteiger partial charge on any atom is 0.224 e. The number of nitrogens with two attached hydrogens (primary N) is 1. The number of hydrogen-bond acceptors (Lipinski definition) is 3. The normalized spacial score (nSPS) is 10.4. The first-order chi connectivity index (χ1) is 11.0. The lowest BCUT2D eigenvalue weighted by molar-refractivity contribution is -0.116. The van der Waals surface area contributed by atoms with Crippen LogP contribution in [0.2, 0.25) is 15.1 Å². The number of carbonyl (C=O) groups excluding carboxylic acids is 1. The molecule has 0 aliphatic rings. The number of amides is 1. The third-order valence-electron chi connectivity index (χ3n) is 3.00. The Morgan fingerprint density at radius 2 is 1.78 bits per heavy atom. The number of rotatable bonds is 6. The summed E-state index contributed by atoms with van der Waals surface area (Å²) < 4.78 is 5.53. The van der Waals surface area contributed by atoms with E-state index in [1.165, 1.54) is 12.1 Å². The van der Waals surface area contributed by atoms with Crippen LogP contribution in [0.3, 0.4) is 0 Å². The highest BCUT2D eigenvalue weighted by Gasteiger charge is 2.11. The van der Waals surface area contributed by atoms with Crippen molar-refractivity contribution in [2.75, 3.05) is 17.7 Å². The first kappa shape index (κ1) is 17.7. The summed E-state index contributed by atoms with van der Waals surface area (Å²) in [5, 5.41) is 3.67. The van der Waals surface area contributed by atoms with E-state index in [1.54, 1.807) is 12.1 Å². The number of benzene rings is 2. The molecule has 0 radical (unpaired) electrons. The monoisotopic (exact) mass is 372 g/mol. The second-order valence-electron chi connectivity index (χ2n) is 4.78. The van der Waals surface area contributed by atoms with Gasteiger partial charge in [-0.15, -0.1) is 0 Å². The molecule has 0 aromatic heterocycles. The average molecular weight is 374 g/mol. The highest BCUT2D eigenvalue weighted by atomic mass is 35.5. The number of ether oxygens (including phenoxy) is 1. The molecule has 7 heteroatoms. The number of anilines is 2. The molecular formula is C16H15Cl3N2O2. The van der Waals surface area contributed by atoms with Gasteiger partial charge in [0.15, 0.2) is 0 Å². The minimum absolute atomic E-state index is 0.208. The summed E-state index contributed by atoms with van der Waals surface area (Å²) in [6, 6.07) is 10.2. The molecule has 0 spiro atoms. The van der Waals surface area contributed by atoms with Gasteiger partial charge in [-0.05, 0) is 30.7 Å². The van der Waals surface area contributed by atoms with Crippen molar-refractivity contribution < 1.29 is 9.53 Å². The van der Waals surface area contributed by atoms with E-state index >= 15 is 0 Å². The van der Waals surface area contributed by atoms with Gasteiger partial charge in [-0.1, -0.05) is 46.9 Å². The predicted molar refractivity (Wildman–Crippen MR) is 95.7 cm³/mol. The molecule has 0 unspecified atom stereocenters. The number of nitrogen functional groups attached to an aromatic ring is 1. The number of nitrogens with one attached hydrogen (secondary N) is 1. The quantitative estimate of drug-likeness (QED) is 0.551. The fourth-order valence-electron chi connectivity index (χ4n) is 1.89. The molecule has 0 bridgehead atoms. The second kappa shape index (κ2) is 8.29. The lowest BCUT2D eigenvalue weighted by Gasteiger charge is -2.11. The van der Waals surface area contributed by atoms with Crippen molar-refractivity contribution in [2.24, 2.45) is 0 Å². The molecule has 2 aromatic rings. The van der Waals surface area contributed by atoms with Crippen LogP contribution < -0.4 is 15.8 Å². The Balaban J connectivity index is 1.81. The Labute approximate surface area is 149 Å². The molecule has 2 aromatic carbocycles. The summed E-state index contributed by atoms with van der Waals surface area (Å²) in [7, 11) is 0. The van der Waals surface area contributed by atoms with Gasteiger partial charge in [-0.3, -0.25) is 4.79 Å². The summed E-state index contributed by atoms with van der Waals surface area (Å²) in [6.45, 7) is 0.379. The van der Waals surface area contributed by atoms with Crippen molar-refractivity contribution in [3.05, 3.63) is 51.5 Å². The van der Waals surface area contributed by atoms with Crippen molar-refractivity contribution in [1.82, 2.24) is 0 Å². The topological polar surface area (TPSA) is 64.3 Å². The molecule has 23 heavy (non-hydrogen) atoms. The zero-order valence-corrected chi connectivity index (χ0v) is 14.4. The van der Waals surface area contributed by atoms with Gasteiger partial charge in [0.05, 0.1) is 28.0 Å². The third kappa shape index (κ3) is 5.20. The number of para-hydroxylation sites is 2. The number of halogens is 3. The van der Waals surface area contributed by atoms with Crippen LogP contribution in [0.1, 0.15) is 12.8 Å². The van der Waals surface area contributed by atoms with Gasteiger partial charge >= 0.3 is 0 Å². The van der Waals surface area contributed by atoms with E-state index in [2.05, 4.69) is 5.32 Å². The Kier molecular flexibility index (Phi) is 6.39. The van der Waals surface area contributed by atoms with Gasteiger partial charge < -0.3 is 15.8 Å². The SMILES string of the molecule is Nc1ccccc1OCCCC(=O)Nc1c(Cl)cc(Cl)cc1Cl. The van der Waals surface area contributed by atoms with E-state index in [9.17, 15) is 4.79 Å². The van der Waals surface area contributed by atoms with Crippen molar-refractivity contribution in [1.29, 1.82) is 0 Å². The highest BCUT2D eigenvalue weighted by molar-refractivity contribution is 6.42. The molecule has 3 N–H and O–H groups in total. The fourth-order valence-corrected chi connectivity index (χ4v) is 2.80. The zero-order valence-electron chi connectivity index (χ0n) is 12.1. The Hall–Kier alpha value is -1.62. The van der Waals surface area contributed by atoms with Crippen molar-refractivity contribution in [3.8, 4) is 5.75 Å². The largest absolute Gasteiger partial charge is 0.491 e. The first-order valence-electron chi connectivity index (χ1n) is 6.89. The van der Waals surface area contributed by atoms with E-state index in [0.29, 0.717) is 45.2 Å². The minimum atomic E-state index is -0.208. The Bertz CT molecular complexity index is 684. The molecular weight excluding hydrogens is 359 g/mol. The van der Waals surface area contributed by atoms with Gasteiger partial charge in [0.1, 0.15) is 5.75 Å². The van der Waals surface area contributed by atoms with Gasteiger partial charge in [0.2, 0.25) is 5.91 Å². The Morgan fingerprint density at radius 3 is 2.43 bits per heavy atom. The van der Waals surface area contributed by atoms with Gasteiger partial charge in [-0.25, -0.2) is 0 Å². The van der Waals surface area contributed by atoms with Gasteiger partial charge in [0.25, 0.3) is 0 Å². The highest BCUT2D eigenvalue weighted by Crippen LogP contribution is 2.33. The van der Waals surface area contributed by atoms with Crippen LogP contribution in [-0.4, -0.2) is 12.5 Å². The fraction of sp³-hybridized carbons (Fsp3) is 0.188. The summed E-state index contributed by atoms with van der Waals surface area (Å²) in [5.41, 5.74) is 6.69. The average Bonchev–Trinajstić information content (AvgIpc) is 2.49. The van der Waals surface area contributed by atoms with E-state index in [4.69, 9.17) is 45.3 Å². The molecule has 0 atom stereocenters. The molecule has 0 fully saturated rings. The maximum atomic E-state index is 11.9. The van der Waals surface area contributed by atoms with E-state index in [1.807, 2.05) is 12.1 Å². The molecule has 1 amide bonds. The van der Waals surface area contributed by atoms with Crippen molar-refractivity contribution >= 4 is 52.1 Å². The van der Waals surface area contributed by atoms with Crippen LogP contribution in [-0.2, 0) is 4.79 Å². The zero-order chi connectivity index (χ0) is 16.8. The van der Waals surface area contributed by atoms with Gasteiger partial charge in [0, 0.05) is 11.4 Å². The molecule has 0 saturated heterocycles. The van der Waals surface area contributed by atoms with Crippen LogP contribution >= 0.6 is 34.8 Å². The maximum absolute atomic E-state index is 11.9. The molecule has 0 saturated carbocycles. The summed E-state index contributed by atoms with van der Waals surface area (Å²) >= 11 is 17.9. The molecule has 0 aliphatic carbocycles. The first-order valence-corrected chi connectivity index (χ1v) is 8.02. The molecule has 0 heterocycles. The number of hydrogen-bond donors (Lipinski definition) is 2. The standard InChI is InChI=1S/C16H15Cl3N2O2/c17-10-8-11(18)16(12(19)9-10)21-15(22)6-3-7-23-14-5-2-1-4-13(14)20/h1-2,4-5,8-9H,3,6-7,20H2,(H,21,22). The lowest BCUT2D eigenvalue weighted by Crippen LogP contribution is -2.13. The predicted octanol–water partition coefficient (Wildman–Crippen LogP) is 5.03. The second-order valence-corrected chi connectivity index (χ2v) is 6.03. The van der Waals surface area contributed by atoms with Crippen LogP contribution in [0.4, 0.5) is 11.4 Å². The third-order valence-corrected chi connectivity index (χ3v) is 3.81. The van der Waals surface area contributed by atoms with Crippen LogP contribution in [0, 0.1) is 0 Å². The Morgan fingerprint density at radius 1 is 1.13 bits per heavy atom. The van der Waals surface area contributed by atoms with Gasteiger partial charge in [-0.2, -0.15) is 0 Å². The van der Waals surface area contributed by atoms with E-state index in [0.717, 1.165) is 0 Å². The smallest absolute Gasteiger partial charge is 0.224 e. The van der Waals surface area contributed by atoms with E-state index < -0.39 is 0 Å². The van der Waals surface area contributed by atoms with Crippen LogP contribution in [0.15, 0.2) is 36.4 Å². The molecule has 0 aliphatic heterocycles. The number of carbonyl (C=O) groups is 1. The summed E-state index contributed by atoms with van der Waals surface area (Å²) in [4.78, 5) is 11.9. The minimum Gasteiger partial charge on any atom is -0.491 e. The van der Waals surface area contributed by atoms with Crippen LogP contribution in [0.5, 0.6) is 5.75 Å². The van der Waals surface area contributed by atoms with Crippen molar-refractivity contribution in [3.63, 3.8) is 0 Å². The molecule has 4 nitrogen and oxygen atoms in total. The lowest BCUT2D eigenvalue weighted by atomic mass is 10.2. The summed E-state index contributed by atoms with van der Waals surface area (Å²) in [6.07, 6.45) is 0.797. The molecule has 2 rings (SSSR count). The molecule has 122 valence electrons.